The smallest absolute Gasteiger partial charge is 0.0787 e. The van der Waals surface area contributed by atoms with Gasteiger partial charge in [0, 0.05) is 5.69 Å². The summed E-state index contributed by atoms with van der Waals surface area (Å²) in [6, 6.07) is 9.95. The van der Waals surface area contributed by atoms with Gasteiger partial charge < -0.3 is 5.11 Å². The Labute approximate surface area is 102 Å². The largest absolute Gasteiger partial charge is 0.388 e. The predicted molar refractivity (Wildman–Crippen MR) is 68.3 cm³/mol. The SMILES string of the molecule is CC[C@H](O)c1ccc(-n2nc(C)cc2C)cc1. The molecule has 1 aromatic heterocycles. The van der Waals surface area contributed by atoms with Gasteiger partial charge in [0.05, 0.1) is 17.5 Å². The molecule has 90 valence electrons. The lowest BCUT2D eigenvalue weighted by Crippen LogP contribution is -2.00. The van der Waals surface area contributed by atoms with E-state index in [1.165, 1.54) is 0 Å². The van der Waals surface area contributed by atoms with Crippen molar-refractivity contribution < 1.29 is 5.11 Å². The summed E-state index contributed by atoms with van der Waals surface area (Å²) in [6.45, 7) is 5.99. The van der Waals surface area contributed by atoms with Gasteiger partial charge in [0.2, 0.25) is 0 Å². The highest BCUT2D eigenvalue weighted by Crippen LogP contribution is 2.19. The number of hydrogen-bond acceptors (Lipinski definition) is 2. The number of aliphatic hydroxyl groups excluding tert-OH is 1. The van der Waals surface area contributed by atoms with Gasteiger partial charge >= 0.3 is 0 Å². The molecule has 0 unspecified atom stereocenters. The van der Waals surface area contributed by atoms with Crippen molar-refractivity contribution in [2.24, 2.45) is 0 Å². The molecule has 1 N–H and O–H groups in total. The third-order valence-electron chi connectivity index (χ3n) is 2.92. The average molecular weight is 230 g/mol. The van der Waals surface area contributed by atoms with Crippen LogP contribution in [-0.2, 0) is 0 Å². The van der Waals surface area contributed by atoms with E-state index in [9.17, 15) is 5.11 Å². The quantitative estimate of drug-likeness (QED) is 0.880. The summed E-state index contributed by atoms with van der Waals surface area (Å²) >= 11 is 0. The number of benzene rings is 1. The molecule has 1 heterocycles. The first-order valence-corrected chi connectivity index (χ1v) is 5.93. The van der Waals surface area contributed by atoms with Crippen molar-refractivity contribution in [3.63, 3.8) is 0 Å². The summed E-state index contributed by atoms with van der Waals surface area (Å²) in [5.74, 6) is 0. The van der Waals surface area contributed by atoms with Crippen LogP contribution in [0, 0.1) is 13.8 Å². The number of hydrogen-bond donors (Lipinski definition) is 1. The monoisotopic (exact) mass is 230 g/mol. The molecule has 3 nitrogen and oxygen atoms in total. The number of nitrogens with zero attached hydrogens (tertiary/aromatic N) is 2. The Hall–Kier alpha value is -1.61. The topological polar surface area (TPSA) is 38.0 Å². The Bertz CT molecular complexity index is 499. The molecule has 2 rings (SSSR count). The highest BCUT2D eigenvalue weighted by Gasteiger charge is 2.06. The van der Waals surface area contributed by atoms with Crippen LogP contribution in [0.2, 0.25) is 0 Å². The first-order chi connectivity index (χ1) is 8.11. The van der Waals surface area contributed by atoms with E-state index < -0.39 is 0 Å². The van der Waals surface area contributed by atoms with Crippen molar-refractivity contribution in [2.75, 3.05) is 0 Å². The summed E-state index contributed by atoms with van der Waals surface area (Å²) in [4.78, 5) is 0. The molecule has 0 fully saturated rings. The van der Waals surface area contributed by atoms with E-state index in [2.05, 4.69) is 11.2 Å². The Kier molecular flexibility index (Phi) is 3.29. The van der Waals surface area contributed by atoms with Crippen LogP contribution in [0.15, 0.2) is 30.3 Å². The molecular formula is C14H18N2O. The van der Waals surface area contributed by atoms with Gasteiger partial charge in [0.25, 0.3) is 0 Å². The molecular weight excluding hydrogens is 212 g/mol. The minimum absolute atomic E-state index is 0.371. The van der Waals surface area contributed by atoms with Crippen molar-refractivity contribution in [3.05, 3.63) is 47.3 Å². The van der Waals surface area contributed by atoms with Crippen LogP contribution in [0.1, 0.15) is 36.4 Å². The Balaban J connectivity index is 2.32. The van der Waals surface area contributed by atoms with Crippen LogP contribution >= 0.6 is 0 Å². The maximum absolute atomic E-state index is 9.73. The van der Waals surface area contributed by atoms with Gasteiger partial charge in [-0.25, -0.2) is 4.68 Å². The van der Waals surface area contributed by atoms with Crippen LogP contribution in [-0.4, -0.2) is 14.9 Å². The lowest BCUT2D eigenvalue weighted by atomic mass is 10.1. The predicted octanol–water partition coefficient (Wildman–Crippen LogP) is 2.93. The van der Waals surface area contributed by atoms with Crippen LogP contribution < -0.4 is 0 Å². The normalized spacial score (nSPS) is 12.7. The molecule has 0 spiro atoms. The molecule has 0 bridgehead atoms. The first kappa shape index (κ1) is 11.9. The lowest BCUT2D eigenvalue weighted by molar-refractivity contribution is 0.173. The highest BCUT2D eigenvalue weighted by molar-refractivity contribution is 5.36. The number of rotatable bonds is 3. The van der Waals surface area contributed by atoms with E-state index in [4.69, 9.17) is 0 Å². The third-order valence-corrected chi connectivity index (χ3v) is 2.92. The van der Waals surface area contributed by atoms with E-state index in [-0.39, 0.29) is 6.10 Å². The zero-order valence-corrected chi connectivity index (χ0v) is 10.5. The fourth-order valence-electron chi connectivity index (χ4n) is 1.96. The Morgan fingerprint density at radius 2 is 1.88 bits per heavy atom. The zero-order valence-electron chi connectivity index (χ0n) is 10.5. The summed E-state index contributed by atoms with van der Waals surface area (Å²) in [6.07, 6.45) is 0.365. The van der Waals surface area contributed by atoms with E-state index in [0.29, 0.717) is 0 Å². The summed E-state index contributed by atoms with van der Waals surface area (Å²) < 4.78 is 1.91. The number of aryl methyl sites for hydroxylation is 2. The van der Waals surface area contributed by atoms with Gasteiger partial charge in [-0.15, -0.1) is 0 Å². The van der Waals surface area contributed by atoms with E-state index in [0.717, 1.165) is 29.1 Å². The first-order valence-electron chi connectivity index (χ1n) is 5.93. The van der Waals surface area contributed by atoms with Gasteiger partial charge in [-0.05, 0) is 44.0 Å². The standard InChI is InChI=1S/C14H18N2O/c1-4-14(17)12-5-7-13(8-6-12)16-11(3)9-10(2)15-16/h5-9,14,17H,4H2,1-3H3/t14-/m0/s1. The number of aromatic nitrogens is 2. The van der Waals surface area contributed by atoms with Crippen molar-refractivity contribution >= 4 is 0 Å². The maximum Gasteiger partial charge on any atom is 0.0787 e. The molecule has 0 saturated heterocycles. The second-order valence-electron chi connectivity index (χ2n) is 4.35. The summed E-state index contributed by atoms with van der Waals surface area (Å²) in [7, 11) is 0. The third kappa shape index (κ3) is 2.39. The highest BCUT2D eigenvalue weighted by atomic mass is 16.3. The van der Waals surface area contributed by atoms with Gasteiger partial charge in [-0.3, -0.25) is 0 Å². The van der Waals surface area contributed by atoms with Crippen molar-refractivity contribution in [3.8, 4) is 5.69 Å². The summed E-state index contributed by atoms with van der Waals surface area (Å²) in [5.41, 5.74) is 4.12. The Morgan fingerprint density at radius 1 is 1.24 bits per heavy atom. The molecule has 0 amide bonds. The lowest BCUT2D eigenvalue weighted by Gasteiger charge is -2.09. The molecule has 3 heteroatoms. The van der Waals surface area contributed by atoms with Crippen molar-refractivity contribution in [2.45, 2.75) is 33.3 Å². The fourth-order valence-corrected chi connectivity index (χ4v) is 1.96. The molecule has 0 aliphatic rings. The molecule has 0 aliphatic carbocycles. The van der Waals surface area contributed by atoms with E-state index in [1.54, 1.807) is 0 Å². The zero-order chi connectivity index (χ0) is 12.4. The number of aliphatic hydroxyl groups is 1. The van der Waals surface area contributed by atoms with Gasteiger partial charge in [0.1, 0.15) is 0 Å². The molecule has 0 aliphatic heterocycles. The molecule has 0 saturated carbocycles. The van der Waals surface area contributed by atoms with Crippen LogP contribution in [0.4, 0.5) is 0 Å². The van der Waals surface area contributed by atoms with Crippen molar-refractivity contribution in [1.29, 1.82) is 0 Å². The minimum atomic E-state index is -0.371. The minimum Gasteiger partial charge on any atom is -0.388 e. The Morgan fingerprint density at radius 3 is 2.35 bits per heavy atom. The average Bonchev–Trinajstić information content (AvgIpc) is 2.68. The van der Waals surface area contributed by atoms with Crippen LogP contribution in [0.3, 0.4) is 0 Å². The van der Waals surface area contributed by atoms with Gasteiger partial charge in [-0.2, -0.15) is 5.10 Å². The molecule has 1 atom stereocenters. The molecule has 2 aromatic rings. The molecule has 17 heavy (non-hydrogen) atoms. The van der Waals surface area contributed by atoms with E-state index in [1.807, 2.05) is 49.7 Å². The second-order valence-corrected chi connectivity index (χ2v) is 4.35. The maximum atomic E-state index is 9.73. The van der Waals surface area contributed by atoms with Crippen molar-refractivity contribution in [1.82, 2.24) is 9.78 Å². The second kappa shape index (κ2) is 4.72. The summed E-state index contributed by atoms with van der Waals surface area (Å²) in [5, 5.41) is 14.2. The molecule has 1 aromatic carbocycles. The van der Waals surface area contributed by atoms with Crippen LogP contribution in [0.5, 0.6) is 0 Å². The fraction of sp³-hybridized carbons (Fsp3) is 0.357. The molecule has 0 radical (unpaired) electrons. The van der Waals surface area contributed by atoms with E-state index >= 15 is 0 Å². The van der Waals surface area contributed by atoms with Gasteiger partial charge in [-0.1, -0.05) is 19.1 Å². The van der Waals surface area contributed by atoms with Gasteiger partial charge in [0.15, 0.2) is 0 Å². The van der Waals surface area contributed by atoms with Crippen LogP contribution in [0.25, 0.3) is 5.69 Å².